The number of aromatic nitrogens is 1. The molecule has 1 aromatic carbocycles. The number of aliphatic hydroxyl groups is 1. The third-order valence-electron chi connectivity index (χ3n) is 3.34. The number of aliphatic hydroxyl groups excluding tert-OH is 1. The Balaban J connectivity index is 2.13. The van der Waals surface area contributed by atoms with Crippen molar-refractivity contribution in [3.8, 4) is 0 Å². The van der Waals surface area contributed by atoms with Crippen LogP contribution in [0.25, 0.3) is 5.76 Å². The van der Waals surface area contributed by atoms with Crippen molar-refractivity contribution < 1.29 is 14.7 Å². The Kier molecular flexibility index (Phi) is 3.23. The SMILES string of the molecule is O=C1NC(c2cccnc2)/C(=C(/O)c2ccccc2)C1=O. The highest BCUT2D eigenvalue weighted by atomic mass is 16.3. The van der Waals surface area contributed by atoms with Crippen LogP contribution in [0.3, 0.4) is 0 Å². The van der Waals surface area contributed by atoms with E-state index in [1.807, 2.05) is 0 Å². The monoisotopic (exact) mass is 280 g/mol. The van der Waals surface area contributed by atoms with Crippen LogP contribution in [0.4, 0.5) is 0 Å². The van der Waals surface area contributed by atoms with Crippen LogP contribution in [0, 0.1) is 0 Å². The van der Waals surface area contributed by atoms with E-state index in [-0.39, 0.29) is 11.3 Å². The first-order valence-electron chi connectivity index (χ1n) is 6.42. The van der Waals surface area contributed by atoms with Gasteiger partial charge in [-0.25, -0.2) is 0 Å². The highest BCUT2D eigenvalue weighted by Crippen LogP contribution is 2.32. The molecule has 5 heteroatoms. The zero-order valence-corrected chi connectivity index (χ0v) is 11.0. The standard InChI is InChI=1S/C16H12N2O3/c19-14(10-5-2-1-3-6-10)12-13(18-16(21)15(12)20)11-7-4-8-17-9-11/h1-9,13,19H,(H,18,21)/b14-12-. The van der Waals surface area contributed by atoms with Crippen molar-refractivity contribution in [2.45, 2.75) is 6.04 Å². The topological polar surface area (TPSA) is 79.3 Å². The van der Waals surface area contributed by atoms with Gasteiger partial charge in [0.2, 0.25) is 0 Å². The molecule has 0 radical (unpaired) electrons. The van der Waals surface area contributed by atoms with E-state index >= 15 is 0 Å². The molecule has 1 unspecified atom stereocenters. The highest BCUT2D eigenvalue weighted by molar-refractivity contribution is 6.46. The summed E-state index contributed by atoms with van der Waals surface area (Å²) < 4.78 is 0. The molecule has 1 aliphatic rings. The van der Waals surface area contributed by atoms with Gasteiger partial charge in [-0.3, -0.25) is 14.6 Å². The van der Waals surface area contributed by atoms with Gasteiger partial charge in [0, 0.05) is 18.0 Å². The van der Waals surface area contributed by atoms with Gasteiger partial charge in [0.05, 0.1) is 11.6 Å². The average molecular weight is 280 g/mol. The maximum Gasteiger partial charge on any atom is 0.293 e. The molecule has 1 amide bonds. The third kappa shape index (κ3) is 2.29. The molecule has 0 aliphatic carbocycles. The summed E-state index contributed by atoms with van der Waals surface area (Å²) in [4.78, 5) is 27.7. The number of nitrogens with zero attached hydrogens (tertiary/aromatic N) is 1. The first-order chi connectivity index (χ1) is 10.2. The molecule has 0 spiro atoms. The molecule has 2 aromatic rings. The molecule has 0 bridgehead atoms. The lowest BCUT2D eigenvalue weighted by Gasteiger charge is -2.13. The maximum absolute atomic E-state index is 12.1. The van der Waals surface area contributed by atoms with E-state index in [0.717, 1.165) is 0 Å². The number of carbonyl (C=O) groups is 2. The first kappa shape index (κ1) is 13.1. The molecule has 1 aliphatic heterocycles. The number of amides is 1. The van der Waals surface area contributed by atoms with Crippen molar-refractivity contribution in [2.75, 3.05) is 0 Å². The summed E-state index contributed by atoms with van der Waals surface area (Å²) in [6.45, 7) is 0. The van der Waals surface area contributed by atoms with Crippen LogP contribution in [0.2, 0.25) is 0 Å². The van der Waals surface area contributed by atoms with Crippen LogP contribution in [0.5, 0.6) is 0 Å². The molecular weight excluding hydrogens is 268 g/mol. The molecule has 5 nitrogen and oxygen atoms in total. The summed E-state index contributed by atoms with van der Waals surface area (Å²) in [6, 6.07) is 11.4. The molecule has 2 heterocycles. The lowest BCUT2D eigenvalue weighted by atomic mass is 9.97. The molecule has 21 heavy (non-hydrogen) atoms. The quantitative estimate of drug-likeness (QED) is 0.499. The third-order valence-corrected chi connectivity index (χ3v) is 3.34. The van der Waals surface area contributed by atoms with Gasteiger partial charge in [0.1, 0.15) is 5.76 Å². The minimum Gasteiger partial charge on any atom is -0.507 e. The summed E-state index contributed by atoms with van der Waals surface area (Å²) in [5.74, 6) is -1.63. The van der Waals surface area contributed by atoms with Gasteiger partial charge >= 0.3 is 0 Å². The normalized spacial score (nSPS) is 20.3. The molecule has 1 atom stereocenters. The second kappa shape index (κ2) is 5.20. The second-order valence-corrected chi connectivity index (χ2v) is 4.65. The van der Waals surface area contributed by atoms with Crippen LogP contribution < -0.4 is 5.32 Å². The van der Waals surface area contributed by atoms with Crippen molar-refractivity contribution >= 4 is 17.4 Å². The minimum atomic E-state index is -0.721. The Bertz CT molecular complexity index is 724. The van der Waals surface area contributed by atoms with E-state index in [0.29, 0.717) is 11.1 Å². The van der Waals surface area contributed by atoms with Crippen molar-refractivity contribution in [3.05, 3.63) is 71.6 Å². The largest absolute Gasteiger partial charge is 0.507 e. The molecule has 2 N–H and O–H groups in total. The van der Waals surface area contributed by atoms with Crippen molar-refractivity contribution in [1.82, 2.24) is 10.3 Å². The fourth-order valence-corrected chi connectivity index (χ4v) is 2.31. The van der Waals surface area contributed by atoms with Gasteiger partial charge in [-0.2, -0.15) is 0 Å². The number of ketones is 1. The minimum absolute atomic E-state index is 0.0548. The number of pyridine rings is 1. The molecule has 0 saturated carbocycles. The van der Waals surface area contributed by atoms with E-state index in [9.17, 15) is 14.7 Å². The summed E-state index contributed by atoms with van der Waals surface area (Å²) in [5, 5.41) is 13.0. The van der Waals surface area contributed by atoms with Crippen molar-refractivity contribution in [1.29, 1.82) is 0 Å². The van der Waals surface area contributed by atoms with Gasteiger partial charge in [0.25, 0.3) is 11.7 Å². The lowest BCUT2D eigenvalue weighted by Crippen LogP contribution is -2.21. The van der Waals surface area contributed by atoms with Crippen LogP contribution in [0.1, 0.15) is 17.2 Å². The van der Waals surface area contributed by atoms with E-state index in [1.165, 1.54) is 0 Å². The number of hydrogen-bond donors (Lipinski definition) is 2. The molecule has 1 saturated heterocycles. The Morgan fingerprint density at radius 3 is 2.52 bits per heavy atom. The molecule has 3 rings (SSSR count). The fourth-order valence-electron chi connectivity index (χ4n) is 2.31. The number of Topliss-reactive ketones (excluding diaryl/α,β-unsaturated/α-hetero) is 1. The number of nitrogens with one attached hydrogen (secondary N) is 1. The molecule has 104 valence electrons. The van der Waals surface area contributed by atoms with E-state index < -0.39 is 17.7 Å². The summed E-state index contributed by atoms with van der Waals surface area (Å²) in [7, 11) is 0. The Hall–Kier alpha value is -2.95. The number of hydrogen-bond acceptors (Lipinski definition) is 4. The lowest BCUT2D eigenvalue weighted by molar-refractivity contribution is -0.133. The zero-order chi connectivity index (χ0) is 14.8. The van der Waals surface area contributed by atoms with Crippen LogP contribution in [-0.4, -0.2) is 21.8 Å². The Morgan fingerprint density at radius 1 is 1.10 bits per heavy atom. The van der Waals surface area contributed by atoms with Gasteiger partial charge in [-0.05, 0) is 11.6 Å². The Morgan fingerprint density at radius 2 is 1.86 bits per heavy atom. The summed E-state index contributed by atoms with van der Waals surface area (Å²) >= 11 is 0. The van der Waals surface area contributed by atoms with Crippen molar-refractivity contribution in [2.24, 2.45) is 0 Å². The highest BCUT2D eigenvalue weighted by Gasteiger charge is 2.39. The number of benzene rings is 1. The predicted octanol–water partition coefficient (Wildman–Crippen LogP) is 1.79. The van der Waals surface area contributed by atoms with E-state index in [2.05, 4.69) is 10.3 Å². The van der Waals surface area contributed by atoms with Crippen LogP contribution in [0.15, 0.2) is 60.4 Å². The maximum atomic E-state index is 12.1. The molecule has 1 fully saturated rings. The number of rotatable bonds is 2. The van der Waals surface area contributed by atoms with Gasteiger partial charge in [-0.15, -0.1) is 0 Å². The predicted molar refractivity (Wildman–Crippen MR) is 76.1 cm³/mol. The number of carbonyl (C=O) groups excluding carboxylic acids is 2. The zero-order valence-electron chi connectivity index (χ0n) is 11.0. The summed E-state index contributed by atoms with van der Waals surface area (Å²) in [6.07, 6.45) is 3.16. The van der Waals surface area contributed by atoms with Crippen LogP contribution >= 0.6 is 0 Å². The van der Waals surface area contributed by atoms with Crippen LogP contribution in [-0.2, 0) is 9.59 Å². The smallest absolute Gasteiger partial charge is 0.293 e. The second-order valence-electron chi connectivity index (χ2n) is 4.65. The van der Waals surface area contributed by atoms with Gasteiger partial charge in [0.15, 0.2) is 0 Å². The summed E-state index contributed by atoms with van der Waals surface area (Å²) in [5.41, 5.74) is 1.19. The van der Waals surface area contributed by atoms with E-state index in [1.54, 1.807) is 54.9 Å². The molecular formula is C16H12N2O3. The van der Waals surface area contributed by atoms with Gasteiger partial charge < -0.3 is 10.4 Å². The average Bonchev–Trinajstić information content (AvgIpc) is 2.84. The van der Waals surface area contributed by atoms with E-state index in [4.69, 9.17) is 0 Å². The molecule has 1 aromatic heterocycles. The Labute approximate surface area is 121 Å². The first-order valence-corrected chi connectivity index (χ1v) is 6.42. The fraction of sp³-hybridized carbons (Fsp3) is 0.0625. The van der Waals surface area contributed by atoms with Crippen molar-refractivity contribution in [3.63, 3.8) is 0 Å². The van der Waals surface area contributed by atoms with Gasteiger partial charge in [-0.1, -0.05) is 36.4 Å².